The molecular formula is C12H25N. The molecule has 0 amide bonds. The second-order valence-corrected chi connectivity index (χ2v) is 5.07. The highest BCUT2D eigenvalue weighted by Gasteiger charge is 2.17. The lowest BCUT2D eigenvalue weighted by Gasteiger charge is -2.28. The minimum atomic E-state index is 0.762. The van der Waals surface area contributed by atoms with Gasteiger partial charge >= 0.3 is 0 Å². The van der Waals surface area contributed by atoms with Crippen LogP contribution in [0.4, 0.5) is 0 Å². The van der Waals surface area contributed by atoms with Crippen molar-refractivity contribution in [3.63, 3.8) is 0 Å². The minimum Gasteiger partial charge on any atom is -0.314 e. The van der Waals surface area contributed by atoms with Gasteiger partial charge in [-0.25, -0.2) is 0 Å². The first kappa shape index (κ1) is 11.0. The summed E-state index contributed by atoms with van der Waals surface area (Å²) in [6.45, 7) is 8.21. The Labute approximate surface area is 83.3 Å². The summed E-state index contributed by atoms with van der Waals surface area (Å²) in [5, 5.41) is 3.51. The Bertz CT molecular complexity index is 131. The molecule has 0 radical (unpaired) electrons. The molecule has 1 saturated heterocycles. The fourth-order valence-corrected chi connectivity index (χ4v) is 2.31. The lowest BCUT2D eigenvalue weighted by molar-refractivity contribution is 0.290. The normalized spacial score (nSPS) is 29.5. The Morgan fingerprint density at radius 2 is 2.15 bits per heavy atom. The first-order valence-electron chi connectivity index (χ1n) is 5.92. The molecule has 0 aromatic heterocycles. The average Bonchev–Trinajstić information content (AvgIpc) is 2.03. The zero-order valence-electron chi connectivity index (χ0n) is 9.47. The van der Waals surface area contributed by atoms with Crippen LogP contribution in [0.25, 0.3) is 0 Å². The van der Waals surface area contributed by atoms with E-state index in [2.05, 4.69) is 26.1 Å². The Balaban J connectivity index is 2.06. The van der Waals surface area contributed by atoms with Crippen LogP contribution < -0.4 is 5.32 Å². The van der Waals surface area contributed by atoms with Crippen LogP contribution in [0.5, 0.6) is 0 Å². The summed E-state index contributed by atoms with van der Waals surface area (Å²) in [5.74, 6) is 1.90. The fraction of sp³-hybridized carbons (Fsp3) is 1.00. The van der Waals surface area contributed by atoms with Gasteiger partial charge in [0.05, 0.1) is 0 Å². The first-order chi connectivity index (χ1) is 6.18. The maximum Gasteiger partial charge on any atom is 0.00413 e. The van der Waals surface area contributed by atoms with E-state index in [1.165, 1.54) is 38.6 Å². The third-order valence-electron chi connectivity index (χ3n) is 3.13. The lowest BCUT2D eigenvalue weighted by Crippen LogP contribution is -2.35. The first-order valence-corrected chi connectivity index (χ1v) is 5.92. The van der Waals surface area contributed by atoms with Crippen LogP contribution >= 0.6 is 0 Å². The quantitative estimate of drug-likeness (QED) is 0.706. The molecule has 78 valence electrons. The van der Waals surface area contributed by atoms with E-state index in [-0.39, 0.29) is 0 Å². The van der Waals surface area contributed by atoms with E-state index in [0.29, 0.717) is 0 Å². The summed E-state index contributed by atoms with van der Waals surface area (Å²) in [5.41, 5.74) is 0. The summed E-state index contributed by atoms with van der Waals surface area (Å²) in [6.07, 6.45) is 7.12. The summed E-state index contributed by atoms with van der Waals surface area (Å²) >= 11 is 0. The van der Waals surface area contributed by atoms with Gasteiger partial charge in [-0.1, -0.05) is 33.1 Å². The lowest BCUT2D eigenvalue weighted by atomic mass is 9.88. The molecule has 1 N–H and O–H groups in total. The van der Waals surface area contributed by atoms with Crippen LogP contribution in [-0.4, -0.2) is 12.6 Å². The van der Waals surface area contributed by atoms with Crippen LogP contribution in [-0.2, 0) is 0 Å². The highest BCUT2D eigenvalue weighted by Crippen LogP contribution is 2.22. The van der Waals surface area contributed by atoms with Crippen LogP contribution in [0.3, 0.4) is 0 Å². The van der Waals surface area contributed by atoms with Gasteiger partial charge in [-0.2, -0.15) is 0 Å². The SMILES string of the molecule is CC(C)CCCC1CCNC(C)C1. The summed E-state index contributed by atoms with van der Waals surface area (Å²) < 4.78 is 0. The van der Waals surface area contributed by atoms with Crippen molar-refractivity contribution in [3.8, 4) is 0 Å². The van der Waals surface area contributed by atoms with E-state index >= 15 is 0 Å². The van der Waals surface area contributed by atoms with E-state index < -0.39 is 0 Å². The van der Waals surface area contributed by atoms with Gasteiger partial charge in [-0.3, -0.25) is 0 Å². The van der Waals surface area contributed by atoms with Gasteiger partial charge in [-0.05, 0) is 38.1 Å². The van der Waals surface area contributed by atoms with Crippen molar-refractivity contribution >= 4 is 0 Å². The number of rotatable bonds is 4. The Kier molecular flexibility index (Phi) is 4.79. The van der Waals surface area contributed by atoms with Crippen molar-refractivity contribution in [1.29, 1.82) is 0 Å². The van der Waals surface area contributed by atoms with Gasteiger partial charge in [0, 0.05) is 6.04 Å². The van der Waals surface area contributed by atoms with Crippen molar-refractivity contribution in [3.05, 3.63) is 0 Å². The topological polar surface area (TPSA) is 12.0 Å². The molecule has 0 aliphatic carbocycles. The maximum absolute atomic E-state index is 3.51. The monoisotopic (exact) mass is 183 g/mol. The van der Waals surface area contributed by atoms with Gasteiger partial charge in [0.25, 0.3) is 0 Å². The molecule has 1 nitrogen and oxygen atoms in total. The van der Waals surface area contributed by atoms with Crippen molar-refractivity contribution in [2.45, 2.75) is 58.9 Å². The molecular weight excluding hydrogens is 158 g/mol. The molecule has 1 fully saturated rings. The van der Waals surface area contributed by atoms with Crippen molar-refractivity contribution in [2.24, 2.45) is 11.8 Å². The molecule has 0 aromatic rings. The Morgan fingerprint density at radius 3 is 2.77 bits per heavy atom. The van der Waals surface area contributed by atoms with E-state index in [1.54, 1.807) is 0 Å². The molecule has 0 saturated carbocycles. The van der Waals surface area contributed by atoms with Gasteiger partial charge in [-0.15, -0.1) is 0 Å². The number of hydrogen-bond acceptors (Lipinski definition) is 1. The maximum atomic E-state index is 3.51. The standard InChI is InChI=1S/C12H25N/c1-10(2)5-4-6-12-7-8-13-11(3)9-12/h10-13H,4-9H2,1-3H3. The molecule has 0 spiro atoms. The number of piperidine rings is 1. The molecule has 13 heavy (non-hydrogen) atoms. The second-order valence-electron chi connectivity index (χ2n) is 5.07. The molecule has 0 aromatic carbocycles. The molecule has 1 aliphatic rings. The van der Waals surface area contributed by atoms with E-state index in [9.17, 15) is 0 Å². The summed E-state index contributed by atoms with van der Waals surface area (Å²) in [7, 11) is 0. The zero-order chi connectivity index (χ0) is 9.68. The molecule has 1 heteroatoms. The second kappa shape index (κ2) is 5.64. The van der Waals surface area contributed by atoms with Crippen molar-refractivity contribution in [1.82, 2.24) is 5.32 Å². The van der Waals surface area contributed by atoms with Gasteiger partial charge in [0.15, 0.2) is 0 Å². The molecule has 1 heterocycles. The van der Waals surface area contributed by atoms with Gasteiger partial charge in [0.2, 0.25) is 0 Å². The largest absolute Gasteiger partial charge is 0.314 e. The Morgan fingerprint density at radius 1 is 1.38 bits per heavy atom. The third kappa shape index (κ3) is 4.66. The van der Waals surface area contributed by atoms with E-state index in [0.717, 1.165) is 17.9 Å². The zero-order valence-corrected chi connectivity index (χ0v) is 9.47. The molecule has 0 bridgehead atoms. The van der Waals surface area contributed by atoms with E-state index in [4.69, 9.17) is 0 Å². The van der Waals surface area contributed by atoms with E-state index in [1.807, 2.05) is 0 Å². The fourth-order valence-electron chi connectivity index (χ4n) is 2.31. The van der Waals surface area contributed by atoms with Gasteiger partial charge < -0.3 is 5.32 Å². The molecule has 1 rings (SSSR count). The summed E-state index contributed by atoms with van der Waals surface area (Å²) in [4.78, 5) is 0. The minimum absolute atomic E-state index is 0.762. The number of nitrogens with one attached hydrogen (secondary N) is 1. The average molecular weight is 183 g/mol. The smallest absolute Gasteiger partial charge is 0.00413 e. The van der Waals surface area contributed by atoms with Crippen LogP contribution in [0.2, 0.25) is 0 Å². The highest BCUT2D eigenvalue weighted by atomic mass is 14.9. The Hall–Kier alpha value is -0.0400. The van der Waals surface area contributed by atoms with Gasteiger partial charge in [0.1, 0.15) is 0 Å². The molecule has 1 aliphatic heterocycles. The summed E-state index contributed by atoms with van der Waals surface area (Å²) in [6, 6.07) is 0.762. The van der Waals surface area contributed by atoms with Crippen molar-refractivity contribution in [2.75, 3.05) is 6.54 Å². The molecule has 2 atom stereocenters. The van der Waals surface area contributed by atoms with Crippen LogP contribution in [0.1, 0.15) is 52.9 Å². The third-order valence-corrected chi connectivity index (χ3v) is 3.13. The van der Waals surface area contributed by atoms with Crippen molar-refractivity contribution < 1.29 is 0 Å². The number of hydrogen-bond donors (Lipinski definition) is 1. The molecule has 2 unspecified atom stereocenters. The predicted molar refractivity (Wildman–Crippen MR) is 58.9 cm³/mol. The predicted octanol–water partition coefficient (Wildman–Crippen LogP) is 3.20. The van der Waals surface area contributed by atoms with Crippen LogP contribution in [0.15, 0.2) is 0 Å². The highest BCUT2D eigenvalue weighted by molar-refractivity contribution is 4.74. The van der Waals surface area contributed by atoms with Crippen LogP contribution in [0, 0.1) is 11.8 Å².